The summed E-state index contributed by atoms with van der Waals surface area (Å²) < 4.78 is 0. The Hall–Kier alpha value is -0.660. The number of unbranched alkanes of at least 4 members (excludes halogenated alkanes) is 1. The lowest BCUT2D eigenvalue weighted by atomic mass is 9.96. The third kappa shape index (κ3) is 5.77. The summed E-state index contributed by atoms with van der Waals surface area (Å²) in [6.07, 6.45) is 6.15. The van der Waals surface area contributed by atoms with Crippen LogP contribution in [0.2, 0.25) is 0 Å². The molecule has 0 bridgehead atoms. The minimum Gasteiger partial charge on any atom is -0.303 e. The number of aldehydes is 2. The maximum absolute atomic E-state index is 10.1. The molecule has 2 nitrogen and oxygen atoms in total. The highest BCUT2D eigenvalue weighted by Crippen LogP contribution is 2.13. The number of hydrogen-bond acceptors (Lipinski definition) is 2. The van der Waals surface area contributed by atoms with Gasteiger partial charge in [-0.1, -0.05) is 19.8 Å². The molecular formula is C9H16O2. The molecule has 2 heteroatoms. The number of carbonyl (C=O) groups excluding carboxylic acids is 2. The van der Waals surface area contributed by atoms with E-state index in [0.717, 1.165) is 31.8 Å². The highest BCUT2D eigenvalue weighted by Gasteiger charge is 2.05. The molecule has 0 unspecified atom stereocenters. The van der Waals surface area contributed by atoms with Gasteiger partial charge in [0.25, 0.3) is 0 Å². The van der Waals surface area contributed by atoms with Crippen molar-refractivity contribution in [2.75, 3.05) is 0 Å². The van der Waals surface area contributed by atoms with Gasteiger partial charge in [0.15, 0.2) is 0 Å². The SMILES string of the molecule is CCCCC(CC=O)CC=O. The molecule has 0 aliphatic carbocycles. The van der Waals surface area contributed by atoms with Crippen LogP contribution in [0, 0.1) is 5.92 Å². The van der Waals surface area contributed by atoms with Crippen molar-refractivity contribution in [3.63, 3.8) is 0 Å². The maximum atomic E-state index is 10.1. The van der Waals surface area contributed by atoms with Gasteiger partial charge in [-0.3, -0.25) is 0 Å². The molecule has 0 aromatic rings. The van der Waals surface area contributed by atoms with Crippen molar-refractivity contribution in [2.45, 2.75) is 39.0 Å². The molecule has 0 aromatic heterocycles. The standard InChI is InChI=1S/C9H16O2/c1-2-3-4-9(5-7-10)6-8-11/h7-9H,2-6H2,1H3. The Balaban J connectivity index is 3.49. The molecule has 0 atom stereocenters. The smallest absolute Gasteiger partial charge is 0.120 e. The van der Waals surface area contributed by atoms with Crippen molar-refractivity contribution in [2.24, 2.45) is 5.92 Å². The predicted octanol–water partition coefficient (Wildman–Crippen LogP) is 1.97. The van der Waals surface area contributed by atoms with Gasteiger partial charge in [-0.15, -0.1) is 0 Å². The van der Waals surface area contributed by atoms with Crippen molar-refractivity contribution in [1.29, 1.82) is 0 Å². The minimum absolute atomic E-state index is 0.296. The lowest BCUT2D eigenvalue weighted by Crippen LogP contribution is -2.01. The van der Waals surface area contributed by atoms with Crippen LogP contribution in [0.15, 0.2) is 0 Å². The van der Waals surface area contributed by atoms with Crippen molar-refractivity contribution >= 4 is 12.6 Å². The van der Waals surface area contributed by atoms with Gasteiger partial charge in [0.2, 0.25) is 0 Å². The molecule has 0 aromatic carbocycles. The van der Waals surface area contributed by atoms with Crippen LogP contribution >= 0.6 is 0 Å². The Morgan fingerprint density at radius 2 is 1.73 bits per heavy atom. The fourth-order valence-electron chi connectivity index (χ4n) is 1.10. The van der Waals surface area contributed by atoms with Gasteiger partial charge >= 0.3 is 0 Å². The largest absolute Gasteiger partial charge is 0.303 e. The van der Waals surface area contributed by atoms with Crippen LogP contribution in [-0.4, -0.2) is 12.6 Å². The van der Waals surface area contributed by atoms with Crippen LogP contribution < -0.4 is 0 Å². The molecule has 0 spiro atoms. The zero-order chi connectivity index (χ0) is 8.53. The number of rotatable bonds is 7. The monoisotopic (exact) mass is 156 g/mol. The highest BCUT2D eigenvalue weighted by atomic mass is 16.1. The summed E-state index contributed by atoms with van der Waals surface area (Å²) in [5, 5.41) is 0. The van der Waals surface area contributed by atoms with E-state index < -0.39 is 0 Å². The lowest BCUT2D eigenvalue weighted by Gasteiger charge is -2.08. The second-order valence-electron chi connectivity index (χ2n) is 2.81. The lowest BCUT2D eigenvalue weighted by molar-refractivity contribution is -0.110. The molecule has 11 heavy (non-hydrogen) atoms. The van der Waals surface area contributed by atoms with E-state index in [4.69, 9.17) is 0 Å². The van der Waals surface area contributed by atoms with E-state index in [0.29, 0.717) is 18.8 Å². The molecule has 0 heterocycles. The fraction of sp³-hybridized carbons (Fsp3) is 0.778. The second-order valence-corrected chi connectivity index (χ2v) is 2.81. The summed E-state index contributed by atoms with van der Waals surface area (Å²) in [5.41, 5.74) is 0. The highest BCUT2D eigenvalue weighted by molar-refractivity contribution is 5.54. The normalized spacial score (nSPS) is 10.0. The quantitative estimate of drug-likeness (QED) is 0.528. The van der Waals surface area contributed by atoms with E-state index in [1.165, 1.54) is 0 Å². The molecule has 0 radical (unpaired) electrons. The Morgan fingerprint density at radius 3 is 2.09 bits per heavy atom. The van der Waals surface area contributed by atoms with Gasteiger partial charge in [-0.2, -0.15) is 0 Å². The zero-order valence-corrected chi connectivity index (χ0v) is 7.08. The zero-order valence-electron chi connectivity index (χ0n) is 7.08. The van der Waals surface area contributed by atoms with Crippen molar-refractivity contribution in [3.05, 3.63) is 0 Å². The van der Waals surface area contributed by atoms with Crippen molar-refractivity contribution in [3.8, 4) is 0 Å². The summed E-state index contributed by atoms with van der Waals surface area (Å²) in [6.45, 7) is 2.11. The van der Waals surface area contributed by atoms with E-state index in [9.17, 15) is 9.59 Å². The second kappa shape index (κ2) is 7.45. The third-order valence-electron chi connectivity index (χ3n) is 1.83. The molecule has 0 saturated carbocycles. The van der Waals surface area contributed by atoms with E-state index >= 15 is 0 Å². The predicted molar refractivity (Wildman–Crippen MR) is 44.4 cm³/mol. The molecular weight excluding hydrogens is 140 g/mol. The maximum Gasteiger partial charge on any atom is 0.120 e. The van der Waals surface area contributed by atoms with Crippen LogP contribution in [0.25, 0.3) is 0 Å². The molecule has 64 valence electrons. The summed E-state index contributed by atoms with van der Waals surface area (Å²) in [5.74, 6) is 0.296. The summed E-state index contributed by atoms with van der Waals surface area (Å²) in [6, 6.07) is 0. The van der Waals surface area contributed by atoms with Gasteiger partial charge in [-0.05, 0) is 12.3 Å². The van der Waals surface area contributed by atoms with Gasteiger partial charge in [0, 0.05) is 12.8 Å². The molecule has 0 aliphatic rings. The van der Waals surface area contributed by atoms with Crippen LogP contribution in [0.3, 0.4) is 0 Å². The van der Waals surface area contributed by atoms with E-state index in [1.54, 1.807) is 0 Å². The fourth-order valence-corrected chi connectivity index (χ4v) is 1.10. The van der Waals surface area contributed by atoms with Gasteiger partial charge in [-0.25, -0.2) is 0 Å². The first-order chi connectivity index (χ1) is 5.35. The van der Waals surface area contributed by atoms with Crippen LogP contribution in [0.1, 0.15) is 39.0 Å². The topological polar surface area (TPSA) is 34.1 Å². The molecule has 0 aliphatic heterocycles. The van der Waals surface area contributed by atoms with E-state index in [1.807, 2.05) is 0 Å². The average molecular weight is 156 g/mol. The van der Waals surface area contributed by atoms with E-state index in [2.05, 4.69) is 6.92 Å². The van der Waals surface area contributed by atoms with Crippen LogP contribution in [0.5, 0.6) is 0 Å². The number of hydrogen-bond donors (Lipinski definition) is 0. The Kier molecular flexibility index (Phi) is 7.00. The first kappa shape index (κ1) is 10.3. The Morgan fingerprint density at radius 1 is 1.18 bits per heavy atom. The van der Waals surface area contributed by atoms with Gasteiger partial charge in [0.05, 0.1) is 0 Å². The van der Waals surface area contributed by atoms with Gasteiger partial charge in [0.1, 0.15) is 12.6 Å². The summed E-state index contributed by atoms with van der Waals surface area (Å²) in [4.78, 5) is 20.3. The van der Waals surface area contributed by atoms with Crippen LogP contribution in [-0.2, 0) is 9.59 Å². The van der Waals surface area contributed by atoms with Crippen molar-refractivity contribution < 1.29 is 9.59 Å². The average Bonchev–Trinajstić information content (AvgIpc) is 2.01. The summed E-state index contributed by atoms with van der Waals surface area (Å²) in [7, 11) is 0. The van der Waals surface area contributed by atoms with E-state index in [-0.39, 0.29) is 0 Å². The Bertz CT molecular complexity index is 100. The first-order valence-corrected chi connectivity index (χ1v) is 4.22. The van der Waals surface area contributed by atoms with Crippen molar-refractivity contribution in [1.82, 2.24) is 0 Å². The van der Waals surface area contributed by atoms with Crippen LogP contribution in [0.4, 0.5) is 0 Å². The molecule has 0 fully saturated rings. The first-order valence-electron chi connectivity index (χ1n) is 4.22. The van der Waals surface area contributed by atoms with Gasteiger partial charge < -0.3 is 9.59 Å². The number of carbonyl (C=O) groups is 2. The minimum atomic E-state index is 0.296. The third-order valence-corrected chi connectivity index (χ3v) is 1.83. The molecule has 0 N–H and O–H groups in total. The molecule has 0 saturated heterocycles. The summed E-state index contributed by atoms with van der Waals surface area (Å²) >= 11 is 0. The molecule has 0 amide bonds. The Labute approximate surface area is 68.0 Å². The molecule has 0 rings (SSSR count).